The van der Waals surface area contributed by atoms with E-state index in [0.717, 1.165) is 45.7 Å². The molecule has 0 bridgehead atoms. The van der Waals surface area contributed by atoms with Crippen molar-refractivity contribution in [3.63, 3.8) is 0 Å². The maximum atomic E-state index is 11.6. The van der Waals surface area contributed by atoms with Gasteiger partial charge in [0.1, 0.15) is 0 Å². The average molecular weight is 300 g/mol. The topological polar surface area (TPSA) is 44.4 Å². The van der Waals surface area contributed by atoms with Crippen LogP contribution in [0.25, 0.3) is 0 Å². The van der Waals surface area contributed by atoms with E-state index in [4.69, 9.17) is 0 Å². The number of hydrogen-bond acceptors (Lipinski definition) is 3. The van der Waals surface area contributed by atoms with Crippen molar-refractivity contribution in [3.05, 3.63) is 0 Å². The minimum atomic E-state index is 0.205. The van der Waals surface area contributed by atoms with Gasteiger partial charge in [-0.15, -0.1) is 0 Å². The van der Waals surface area contributed by atoms with Gasteiger partial charge in [0.25, 0.3) is 0 Å². The van der Waals surface area contributed by atoms with Gasteiger partial charge < -0.3 is 15.5 Å². The Labute approximate surface area is 132 Å². The van der Waals surface area contributed by atoms with E-state index in [2.05, 4.69) is 36.3 Å². The molecule has 0 aromatic carbocycles. The zero-order valence-corrected chi connectivity index (χ0v) is 14.5. The number of hydrogen-bond donors (Lipinski definition) is 2. The molecule has 0 aromatic rings. The van der Waals surface area contributed by atoms with Crippen LogP contribution in [0.5, 0.6) is 0 Å². The number of nitrogens with zero attached hydrogens (tertiary/aromatic N) is 1. The molecule has 0 radical (unpaired) electrons. The highest BCUT2D eigenvalue weighted by Gasteiger charge is 2.01. The number of unbranched alkanes of at least 4 members (excludes halogenated alkanes) is 5. The summed E-state index contributed by atoms with van der Waals surface area (Å²) in [7, 11) is 0. The first-order chi connectivity index (χ1) is 10.2. The molecule has 0 spiro atoms. The quantitative estimate of drug-likeness (QED) is 0.457. The van der Waals surface area contributed by atoms with Crippen molar-refractivity contribution in [2.24, 2.45) is 0 Å². The standard InChI is InChI=1S/C17H37N3O/c1-4-7-8-9-10-11-12-17(21)19-14-13-18-15-16-20(5-2)6-3/h18H,4-16H2,1-3H3,(H,19,21). The van der Waals surface area contributed by atoms with Crippen LogP contribution in [0.3, 0.4) is 0 Å². The Hall–Kier alpha value is -0.610. The smallest absolute Gasteiger partial charge is 0.220 e. The van der Waals surface area contributed by atoms with Gasteiger partial charge in [-0.3, -0.25) is 4.79 Å². The third-order valence-electron chi connectivity index (χ3n) is 3.88. The van der Waals surface area contributed by atoms with E-state index < -0.39 is 0 Å². The number of carbonyl (C=O) groups excluding carboxylic acids is 1. The number of likely N-dealkylation sites (N-methyl/N-ethyl adjacent to an activating group) is 1. The summed E-state index contributed by atoms with van der Waals surface area (Å²) in [5.74, 6) is 0.205. The first-order valence-corrected chi connectivity index (χ1v) is 8.94. The van der Waals surface area contributed by atoms with Crippen LogP contribution in [0.4, 0.5) is 0 Å². The monoisotopic (exact) mass is 299 g/mol. The van der Waals surface area contributed by atoms with E-state index in [1.54, 1.807) is 0 Å². The van der Waals surface area contributed by atoms with Crippen molar-refractivity contribution in [3.8, 4) is 0 Å². The summed E-state index contributed by atoms with van der Waals surface area (Å²) < 4.78 is 0. The summed E-state index contributed by atoms with van der Waals surface area (Å²) in [5, 5.41) is 6.36. The lowest BCUT2D eigenvalue weighted by molar-refractivity contribution is -0.121. The van der Waals surface area contributed by atoms with Gasteiger partial charge in [-0.05, 0) is 19.5 Å². The lowest BCUT2D eigenvalue weighted by Crippen LogP contribution is -2.36. The maximum absolute atomic E-state index is 11.6. The third-order valence-corrected chi connectivity index (χ3v) is 3.88. The van der Waals surface area contributed by atoms with E-state index in [-0.39, 0.29) is 5.91 Å². The average Bonchev–Trinajstić information content (AvgIpc) is 2.50. The van der Waals surface area contributed by atoms with E-state index in [0.29, 0.717) is 6.42 Å². The van der Waals surface area contributed by atoms with Gasteiger partial charge >= 0.3 is 0 Å². The third kappa shape index (κ3) is 14.1. The first kappa shape index (κ1) is 20.4. The Morgan fingerprint density at radius 2 is 1.52 bits per heavy atom. The van der Waals surface area contributed by atoms with Crippen LogP contribution in [-0.2, 0) is 4.79 Å². The van der Waals surface area contributed by atoms with Crippen LogP contribution in [0.2, 0.25) is 0 Å². The van der Waals surface area contributed by atoms with Gasteiger partial charge in [-0.2, -0.15) is 0 Å². The molecular formula is C17H37N3O. The van der Waals surface area contributed by atoms with Crippen LogP contribution in [-0.4, -0.2) is 50.1 Å². The SMILES string of the molecule is CCCCCCCCC(=O)NCCNCCN(CC)CC. The number of nitrogens with one attached hydrogen (secondary N) is 2. The second kappa shape index (κ2) is 15.8. The molecule has 2 N–H and O–H groups in total. The van der Waals surface area contributed by atoms with Gasteiger partial charge in [0.2, 0.25) is 5.91 Å². The van der Waals surface area contributed by atoms with Crippen LogP contribution >= 0.6 is 0 Å². The molecule has 0 saturated heterocycles. The van der Waals surface area contributed by atoms with Crippen LogP contribution in [0.1, 0.15) is 65.7 Å². The molecule has 0 fully saturated rings. The van der Waals surface area contributed by atoms with Crippen molar-refractivity contribution >= 4 is 5.91 Å². The highest BCUT2D eigenvalue weighted by molar-refractivity contribution is 5.75. The molecular weight excluding hydrogens is 262 g/mol. The predicted octanol–water partition coefficient (Wildman–Crippen LogP) is 2.78. The lowest BCUT2D eigenvalue weighted by atomic mass is 10.1. The molecule has 4 nitrogen and oxygen atoms in total. The van der Waals surface area contributed by atoms with Crippen molar-refractivity contribution in [2.45, 2.75) is 65.7 Å². The Balaban J connectivity index is 3.26. The molecule has 0 aliphatic heterocycles. The number of carbonyl (C=O) groups is 1. The van der Waals surface area contributed by atoms with Crippen LogP contribution in [0.15, 0.2) is 0 Å². The number of rotatable bonds is 15. The summed E-state index contributed by atoms with van der Waals surface area (Å²) in [4.78, 5) is 14.0. The second-order valence-corrected chi connectivity index (χ2v) is 5.64. The molecule has 4 heteroatoms. The molecule has 0 unspecified atom stereocenters. The molecule has 1 amide bonds. The summed E-state index contributed by atoms with van der Waals surface area (Å²) in [5.41, 5.74) is 0. The Morgan fingerprint density at radius 3 is 2.19 bits per heavy atom. The molecule has 21 heavy (non-hydrogen) atoms. The fourth-order valence-corrected chi connectivity index (χ4v) is 2.35. The van der Waals surface area contributed by atoms with Crippen molar-refractivity contribution in [2.75, 3.05) is 39.3 Å². The van der Waals surface area contributed by atoms with E-state index in [1.807, 2.05) is 0 Å². The molecule has 0 aromatic heterocycles. The molecule has 0 rings (SSSR count). The largest absolute Gasteiger partial charge is 0.355 e. The molecule has 0 aliphatic rings. The first-order valence-electron chi connectivity index (χ1n) is 8.94. The summed E-state index contributed by atoms with van der Waals surface area (Å²) >= 11 is 0. The van der Waals surface area contributed by atoms with Gasteiger partial charge in [-0.25, -0.2) is 0 Å². The molecule has 0 atom stereocenters. The molecule has 0 saturated carbocycles. The molecule has 0 heterocycles. The summed E-state index contributed by atoms with van der Waals surface area (Å²) in [6, 6.07) is 0. The fourth-order valence-electron chi connectivity index (χ4n) is 2.35. The van der Waals surface area contributed by atoms with Gasteiger partial charge in [0, 0.05) is 32.6 Å². The van der Waals surface area contributed by atoms with Crippen molar-refractivity contribution < 1.29 is 4.79 Å². The Morgan fingerprint density at radius 1 is 0.857 bits per heavy atom. The maximum Gasteiger partial charge on any atom is 0.220 e. The number of amides is 1. The second-order valence-electron chi connectivity index (χ2n) is 5.64. The Kier molecular flexibility index (Phi) is 15.3. The fraction of sp³-hybridized carbons (Fsp3) is 0.941. The minimum Gasteiger partial charge on any atom is -0.355 e. The molecule has 126 valence electrons. The highest BCUT2D eigenvalue weighted by atomic mass is 16.1. The van der Waals surface area contributed by atoms with Gasteiger partial charge in [-0.1, -0.05) is 52.9 Å². The lowest BCUT2D eigenvalue weighted by Gasteiger charge is -2.18. The Bertz CT molecular complexity index is 230. The van der Waals surface area contributed by atoms with E-state index >= 15 is 0 Å². The van der Waals surface area contributed by atoms with Crippen LogP contribution < -0.4 is 10.6 Å². The summed E-state index contributed by atoms with van der Waals surface area (Å²) in [6.07, 6.45) is 8.10. The van der Waals surface area contributed by atoms with E-state index in [1.165, 1.54) is 32.1 Å². The predicted molar refractivity (Wildman–Crippen MR) is 91.7 cm³/mol. The minimum absolute atomic E-state index is 0.205. The van der Waals surface area contributed by atoms with Gasteiger partial charge in [0.15, 0.2) is 0 Å². The van der Waals surface area contributed by atoms with Crippen molar-refractivity contribution in [1.82, 2.24) is 15.5 Å². The molecule has 0 aliphatic carbocycles. The van der Waals surface area contributed by atoms with Crippen molar-refractivity contribution in [1.29, 1.82) is 0 Å². The van der Waals surface area contributed by atoms with E-state index in [9.17, 15) is 4.79 Å². The zero-order valence-electron chi connectivity index (χ0n) is 14.5. The zero-order chi connectivity index (χ0) is 15.8. The van der Waals surface area contributed by atoms with Crippen LogP contribution in [0, 0.1) is 0 Å². The highest BCUT2D eigenvalue weighted by Crippen LogP contribution is 2.06. The summed E-state index contributed by atoms with van der Waals surface area (Å²) in [6.45, 7) is 12.5. The normalized spacial score (nSPS) is 11.0. The van der Waals surface area contributed by atoms with Gasteiger partial charge in [0.05, 0.1) is 0 Å².